The molecule has 0 amide bonds. The number of carbonyl (C=O) groups excluding carboxylic acids is 1. The van der Waals surface area contributed by atoms with Gasteiger partial charge in [-0.25, -0.2) is 4.39 Å². The van der Waals surface area contributed by atoms with Crippen LogP contribution < -0.4 is 5.30 Å². The third-order valence-corrected chi connectivity index (χ3v) is 6.45. The fourth-order valence-electron chi connectivity index (χ4n) is 2.84. The van der Waals surface area contributed by atoms with Crippen LogP contribution in [0.1, 0.15) is 49.5 Å². The van der Waals surface area contributed by atoms with Crippen LogP contribution in [0.3, 0.4) is 0 Å². The molecule has 0 saturated heterocycles. The molecule has 1 unspecified atom stereocenters. The van der Waals surface area contributed by atoms with Crippen LogP contribution in [0, 0.1) is 5.82 Å². The average Bonchev–Trinajstić information content (AvgIpc) is 2.54. The number of benzene rings is 2. The Balaban J connectivity index is 2.48. The molecule has 116 valence electrons. The summed E-state index contributed by atoms with van der Waals surface area (Å²) >= 11 is 0. The number of ketones is 1. The van der Waals surface area contributed by atoms with Crippen LogP contribution in [-0.4, -0.2) is 5.78 Å². The molecule has 2 rings (SSSR count). The first-order valence-electron chi connectivity index (χ1n) is 7.66. The van der Waals surface area contributed by atoms with Crippen LogP contribution in [0.5, 0.6) is 0 Å². The van der Waals surface area contributed by atoms with Crippen LogP contribution in [0.2, 0.25) is 0 Å². The molecule has 0 spiro atoms. The van der Waals surface area contributed by atoms with E-state index in [0.29, 0.717) is 14.1 Å². The minimum atomic E-state index is -0.350. The first-order chi connectivity index (χ1) is 10.5. The van der Waals surface area contributed by atoms with Crippen LogP contribution in [0.25, 0.3) is 0 Å². The highest BCUT2D eigenvalue weighted by Crippen LogP contribution is 2.47. The van der Waals surface area contributed by atoms with Gasteiger partial charge in [0.05, 0.1) is 0 Å². The van der Waals surface area contributed by atoms with E-state index in [0.717, 1.165) is 18.1 Å². The van der Waals surface area contributed by atoms with Gasteiger partial charge in [0.25, 0.3) is 0 Å². The molecule has 0 aromatic heterocycles. The maximum Gasteiger partial charge on any atom is 0.160 e. The molecule has 22 heavy (non-hydrogen) atoms. The van der Waals surface area contributed by atoms with E-state index in [1.54, 1.807) is 6.07 Å². The van der Waals surface area contributed by atoms with Gasteiger partial charge in [0, 0.05) is 10.7 Å². The summed E-state index contributed by atoms with van der Waals surface area (Å²) in [5, 5.41) is 0.963. The normalized spacial score (nSPS) is 12.0. The van der Waals surface area contributed by atoms with Gasteiger partial charge in [0.1, 0.15) is 5.82 Å². The van der Waals surface area contributed by atoms with Crippen molar-refractivity contribution in [1.29, 1.82) is 0 Å². The lowest BCUT2D eigenvalue weighted by molar-refractivity contribution is 0.101. The summed E-state index contributed by atoms with van der Waals surface area (Å²) in [7, 11) is 0.444. The van der Waals surface area contributed by atoms with Crippen molar-refractivity contribution in [2.24, 2.45) is 0 Å². The van der Waals surface area contributed by atoms with Gasteiger partial charge in [0.15, 0.2) is 5.78 Å². The molecule has 0 aliphatic heterocycles. The third-order valence-electron chi connectivity index (χ3n) is 4.27. The predicted octanol–water partition coefficient (Wildman–Crippen LogP) is 5.05. The molecule has 0 bridgehead atoms. The lowest BCUT2D eigenvalue weighted by Gasteiger charge is -2.33. The van der Waals surface area contributed by atoms with Crippen molar-refractivity contribution < 1.29 is 9.18 Å². The number of carbonyl (C=O) groups is 1. The summed E-state index contributed by atoms with van der Waals surface area (Å²) < 4.78 is 13.5. The van der Waals surface area contributed by atoms with Crippen molar-refractivity contribution in [1.82, 2.24) is 0 Å². The number of rotatable bonds is 6. The van der Waals surface area contributed by atoms with Gasteiger partial charge in [-0.05, 0) is 42.8 Å². The Morgan fingerprint density at radius 2 is 1.73 bits per heavy atom. The van der Waals surface area contributed by atoms with E-state index in [1.165, 1.54) is 24.6 Å². The summed E-state index contributed by atoms with van der Waals surface area (Å²) in [4.78, 5) is 11.9. The fraction of sp³-hybridized carbons (Fsp3) is 0.316. The van der Waals surface area contributed by atoms with Gasteiger partial charge >= 0.3 is 0 Å². The van der Waals surface area contributed by atoms with Gasteiger partial charge in [-0.1, -0.05) is 58.8 Å². The zero-order chi connectivity index (χ0) is 16.2. The molecule has 0 aliphatic rings. The maximum absolute atomic E-state index is 13.5. The number of hydrogen-bond donors (Lipinski definition) is 0. The van der Waals surface area contributed by atoms with Crippen molar-refractivity contribution >= 4 is 19.7 Å². The molecule has 3 heteroatoms. The Morgan fingerprint density at radius 1 is 1.09 bits per heavy atom. The van der Waals surface area contributed by atoms with Crippen LogP contribution in [0.15, 0.2) is 48.5 Å². The van der Waals surface area contributed by atoms with E-state index in [2.05, 4.69) is 38.1 Å². The second-order valence-electron chi connectivity index (χ2n) is 5.53. The maximum atomic E-state index is 13.5. The summed E-state index contributed by atoms with van der Waals surface area (Å²) in [6.45, 7) is 5.87. The first kappa shape index (κ1) is 16.8. The lowest BCUT2D eigenvalue weighted by Crippen LogP contribution is -2.23. The van der Waals surface area contributed by atoms with E-state index in [9.17, 15) is 9.18 Å². The number of Topliss-reactive ketones (excluding diaryl/α,β-unsaturated/α-hetero) is 1. The van der Waals surface area contributed by atoms with Gasteiger partial charge < -0.3 is 0 Å². The zero-order valence-corrected chi connectivity index (χ0v) is 14.3. The third kappa shape index (κ3) is 3.44. The van der Waals surface area contributed by atoms with Crippen molar-refractivity contribution in [2.45, 2.75) is 38.8 Å². The highest BCUT2D eigenvalue weighted by atomic mass is 31.1. The monoisotopic (exact) mass is 316 g/mol. The van der Waals surface area contributed by atoms with E-state index < -0.39 is 0 Å². The molecule has 0 radical (unpaired) electrons. The van der Waals surface area contributed by atoms with E-state index in [4.69, 9.17) is 0 Å². The zero-order valence-electron chi connectivity index (χ0n) is 13.3. The highest BCUT2D eigenvalue weighted by molar-refractivity contribution is 7.48. The van der Waals surface area contributed by atoms with Gasteiger partial charge in [-0.2, -0.15) is 0 Å². The van der Waals surface area contributed by atoms with E-state index in [-0.39, 0.29) is 16.8 Å². The first-order valence-corrected chi connectivity index (χ1v) is 8.66. The molecule has 0 N–H and O–H groups in total. The van der Waals surface area contributed by atoms with E-state index in [1.807, 2.05) is 6.07 Å². The SMILES string of the molecule is CCC(CC)(Pc1ccc(F)cc1C(C)=O)c1ccccc1. The number of halogens is 1. The Morgan fingerprint density at radius 3 is 2.27 bits per heavy atom. The minimum Gasteiger partial charge on any atom is -0.294 e. The molecular weight excluding hydrogens is 294 g/mol. The van der Waals surface area contributed by atoms with Crippen LogP contribution >= 0.6 is 8.58 Å². The standard InChI is InChI=1S/C19H22FOP/c1-4-19(5-2,15-9-7-6-8-10-15)22-18-12-11-16(20)13-17(18)14(3)21/h6-13,22H,4-5H2,1-3H3. The quantitative estimate of drug-likeness (QED) is 0.538. The molecule has 0 fully saturated rings. The topological polar surface area (TPSA) is 17.1 Å². The van der Waals surface area contributed by atoms with E-state index >= 15 is 0 Å². The van der Waals surface area contributed by atoms with Crippen molar-refractivity contribution in [3.05, 3.63) is 65.5 Å². The largest absolute Gasteiger partial charge is 0.294 e. The molecule has 1 atom stereocenters. The molecule has 0 aliphatic carbocycles. The minimum absolute atomic E-state index is 0.00326. The predicted molar refractivity (Wildman–Crippen MR) is 93.1 cm³/mol. The molecule has 1 nitrogen and oxygen atoms in total. The van der Waals surface area contributed by atoms with Crippen LogP contribution in [0.4, 0.5) is 4.39 Å². The summed E-state index contributed by atoms with van der Waals surface area (Å²) in [6, 6.07) is 15.0. The second kappa shape index (κ2) is 7.15. The fourth-order valence-corrected chi connectivity index (χ4v) is 4.57. The molecular formula is C19H22FOP. The molecule has 0 heterocycles. The molecule has 2 aromatic carbocycles. The Kier molecular flexibility index (Phi) is 5.47. The summed E-state index contributed by atoms with van der Waals surface area (Å²) in [5.41, 5.74) is 1.80. The van der Waals surface area contributed by atoms with Crippen molar-refractivity contribution in [2.75, 3.05) is 0 Å². The van der Waals surface area contributed by atoms with Gasteiger partial charge in [-0.15, -0.1) is 0 Å². The smallest absolute Gasteiger partial charge is 0.160 e. The van der Waals surface area contributed by atoms with Crippen LogP contribution in [-0.2, 0) is 5.16 Å². The summed E-state index contributed by atoms with van der Waals surface area (Å²) in [6.07, 6.45) is 1.97. The number of hydrogen-bond acceptors (Lipinski definition) is 1. The molecule has 0 saturated carbocycles. The summed E-state index contributed by atoms with van der Waals surface area (Å²) in [5.74, 6) is -0.423. The van der Waals surface area contributed by atoms with Crippen molar-refractivity contribution in [3.8, 4) is 0 Å². The average molecular weight is 316 g/mol. The second-order valence-corrected chi connectivity index (χ2v) is 7.27. The highest BCUT2D eigenvalue weighted by Gasteiger charge is 2.30. The molecule has 2 aromatic rings. The Labute approximate surface area is 133 Å². The van der Waals surface area contributed by atoms with Gasteiger partial charge in [0.2, 0.25) is 0 Å². The lowest BCUT2D eigenvalue weighted by atomic mass is 9.93. The van der Waals surface area contributed by atoms with Gasteiger partial charge in [-0.3, -0.25) is 4.79 Å². The Bertz CT molecular complexity index is 648. The Hall–Kier alpha value is -1.53. The van der Waals surface area contributed by atoms with Crippen molar-refractivity contribution in [3.63, 3.8) is 0 Å².